The van der Waals surface area contributed by atoms with E-state index in [4.69, 9.17) is 23.2 Å². The van der Waals surface area contributed by atoms with Crippen LogP contribution in [0.15, 0.2) is 41.5 Å². The Kier molecular flexibility index (Phi) is 5.46. The highest BCUT2D eigenvalue weighted by molar-refractivity contribution is 6.36. The fraction of sp³-hybridized carbons (Fsp3) is 0.222. The number of hydrogen-bond donors (Lipinski definition) is 2. The number of benzene rings is 2. The number of nitrogens with one attached hydrogen (secondary N) is 1. The van der Waals surface area contributed by atoms with Crippen LogP contribution in [0.25, 0.3) is 0 Å². The summed E-state index contributed by atoms with van der Waals surface area (Å²) in [7, 11) is 0. The van der Waals surface area contributed by atoms with Gasteiger partial charge in [0.2, 0.25) is 0 Å². The summed E-state index contributed by atoms with van der Waals surface area (Å²) in [6, 6.07) is 10.3. The summed E-state index contributed by atoms with van der Waals surface area (Å²) < 4.78 is 0. The predicted octanol–water partition coefficient (Wildman–Crippen LogP) is 4.06. The molecule has 5 nitrogen and oxygen atoms in total. The second-order valence-electron chi connectivity index (χ2n) is 5.77. The van der Waals surface area contributed by atoms with E-state index in [0.29, 0.717) is 16.1 Å². The van der Waals surface area contributed by atoms with Crippen molar-refractivity contribution >= 4 is 41.0 Å². The van der Waals surface area contributed by atoms with Crippen LogP contribution in [0.5, 0.6) is 5.75 Å². The lowest BCUT2D eigenvalue weighted by Crippen LogP contribution is -2.19. The van der Waals surface area contributed by atoms with E-state index in [1.165, 1.54) is 31.2 Å². The highest BCUT2D eigenvalue weighted by atomic mass is 35.5. The monoisotopic (exact) mass is 377 g/mol. The lowest BCUT2D eigenvalue weighted by molar-refractivity contribution is 0.0955. The molecule has 0 radical (unpaired) electrons. The largest absolute Gasteiger partial charge is 0.506 e. The third-order valence-corrected chi connectivity index (χ3v) is 4.53. The summed E-state index contributed by atoms with van der Waals surface area (Å²) in [6.45, 7) is 2.11. The van der Waals surface area contributed by atoms with Gasteiger partial charge in [-0.2, -0.15) is 5.10 Å². The fourth-order valence-electron chi connectivity index (χ4n) is 2.71. The van der Waals surface area contributed by atoms with E-state index in [1.54, 1.807) is 12.1 Å². The van der Waals surface area contributed by atoms with Crippen molar-refractivity contribution in [2.75, 3.05) is 18.0 Å². The Morgan fingerprint density at radius 3 is 2.52 bits per heavy atom. The molecule has 0 bridgehead atoms. The zero-order valence-corrected chi connectivity index (χ0v) is 14.9. The van der Waals surface area contributed by atoms with Gasteiger partial charge in [-0.15, -0.1) is 0 Å². The van der Waals surface area contributed by atoms with Crippen LogP contribution in [0.1, 0.15) is 28.8 Å². The molecule has 1 saturated heterocycles. The summed E-state index contributed by atoms with van der Waals surface area (Å²) in [6.07, 6.45) is 3.71. The van der Waals surface area contributed by atoms with Gasteiger partial charge in [-0.25, -0.2) is 5.43 Å². The third kappa shape index (κ3) is 4.24. The number of carbonyl (C=O) groups excluding carboxylic acids is 1. The maximum atomic E-state index is 12.1. The number of phenols is 1. The van der Waals surface area contributed by atoms with Crippen LogP contribution in [-0.2, 0) is 0 Å². The van der Waals surface area contributed by atoms with E-state index >= 15 is 0 Å². The van der Waals surface area contributed by atoms with Gasteiger partial charge in [-0.1, -0.05) is 23.2 Å². The van der Waals surface area contributed by atoms with Crippen LogP contribution in [0.4, 0.5) is 5.69 Å². The zero-order chi connectivity index (χ0) is 17.8. The minimum atomic E-state index is -0.336. The van der Waals surface area contributed by atoms with Gasteiger partial charge in [0.15, 0.2) is 0 Å². The van der Waals surface area contributed by atoms with Crippen LogP contribution < -0.4 is 10.3 Å². The molecular formula is C18H17Cl2N3O2. The van der Waals surface area contributed by atoms with Crippen molar-refractivity contribution in [3.05, 3.63) is 57.6 Å². The summed E-state index contributed by atoms with van der Waals surface area (Å²) in [5.74, 6) is -0.476. The molecule has 0 spiro atoms. The molecule has 0 atom stereocenters. The van der Waals surface area contributed by atoms with Gasteiger partial charge >= 0.3 is 0 Å². The van der Waals surface area contributed by atoms with Crippen molar-refractivity contribution in [2.45, 2.75) is 12.8 Å². The zero-order valence-electron chi connectivity index (χ0n) is 13.4. The SMILES string of the molecule is O=C(N/N=C/c1cc(Cl)cc(Cl)c1O)c1ccc(N2CCCC2)cc1. The minimum absolute atomic E-state index is 0.123. The molecule has 0 aliphatic carbocycles. The molecule has 1 aliphatic heterocycles. The number of carbonyl (C=O) groups is 1. The van der Waals surface area contributed by atoms with Crippen LogP contribution in [0.3, 0.4) is 0 Å². The first-order valence-corrected chi connectivity index (χ1v) is 8.66. The number of nitrogens with zero attached hydrogens (tertiary/aromatic N) is 2. The molecule has 2 N–H and O–H groups in total. The van der Waals surface area contributed by atoms with E-state index in [0.717, 1.165) is 18.8 Å². The number of halogens is 2. The van der Waals surface area contributed by atoms with Gasteiger partial charge in [0.05, 0.1) is 11.2 Å². The molecule has 0 saturated carbocycles. The smallest absolute Gasteiger partial charge is 0.271 e. The van der Waals surface area contributed by atoms with Gasteiger partial charge in [0, 0.05) is 34.9 Å². The van der Waals surface area contributed by atoms with Crippen molar-refractivity contribution in [1.29, 1.82) is 0 Å². The van der Waals surface area contributed by atoms with Gasteiger partial charge in [0.25, 0.3) is 5.91 Å². The average Bonchev–Trinajstić information content (AvgIpc) is 3.13. The lowest BCUT2D eigenvalue weighted by Gasteiger charge is -2.17. The molecule has 1 aliphatic rings. The summed E-state index contributed by atoms with van der Waals surface area (Å²) in [4.78, 5) is 14.4. The van der Waals surface area contributed by atoms with E-state index in [1.807, 2.05) is 12.1 Å². The fourth-order valence-corrected chi connectivity index (χ4v) is 3.22. The van der Waals surface area contributed by atoms with Gasteiger partial charge in [-0.3, -0.25) is 4.79 Å². The van der Waals surface area contributed by atoms with E-state index < -0.39 is 0 Å². The normalized spacial score (nSPS) is 14.2. The van der Waals surface area contributed by atoms with E-state index in [2.05, 4.69) is 15.4 Å². The molecule has 0 aromatic heterocycles. The highest BCUT2D eigenvalue weighted by Crippen LogP contribution is 2.29. The third-order valence-electron chi connectivity index (χ3n) is 4.03. The summed E-state index contributed by atoms with van der Waals surface area (Å²) >= 11 is 11.7. The van der Waals surface area contributed by atoms with E-state index in [-0.39, 0.29) is 16.7 Å². The van der Waals surface area contributed by atoms with Crippen LogP contribution in [0.2, 0.25) is 10.0 Å². The number of rotatable bonds is 4. The maximum Gasteiger partial charge on any atom is 0.271 e. The highest BCUT2D eigenvalue weighted by Gasteiger charge is 2.13. The second kappa shape index (κ2) is 7.76. The average molecular weight is 378 g/mol. The molecule has 3 rings (SSSR count). The lowest BCUT2D eigenvalue weighted by atomic mass is 10.2. The first kappa shape index (κ1) is 17.6. The Bertz CT molecular complexity index is 801. The predicted molar refractivity (Wildman–Crippen MR) is 101 cm³/mol. The Hall–Kier alpha value is -2.24. The quantitative estimate of drug-likeness (QED) is 0.623. The van der Waals surface area contributed by atoms with Crippen molar-refractivity contribution in [1.82, 2.24) is 5.43 Å². The Morgan fingerprint density at radius 1 is 1.16 bits per heavy atom. The van der Waals surface area contributed by atoms with Crippen LogP contribution in [0, 0.1) is 0 Å². The maximum absolute atomic E-state index is 12.1. The summed E-state index contributed by atoms with van der Waals surface area (Å²) in [5.41, 5.74) is 4.37. The standard InChI is InChI=1S/C18H17Cl2N3O2/c19-14-9-13(17(24)16(20)10-14)11-21-22-18(25)12-3-5-15(6-4-12)23-7-1-2-8-23/h3-6,9-11,24H,1-2,7-8H2,(H,22,25)/b21-11+. The van der Waals surface area contributed by atoms with Crippen molar-refractivity contribution < 1.29 is 9.90 Å². The minimum Gasteiger partial charge on any atom is -0.506 e. The number of amides is 1. The molecule has 25 heavy (non-hydrogen) atoms. The number of phenolic OH excluding ortho intramolecular Hbond substituents is 1. The van der Waals surface area contributed by atoms with Crippen LogP contribution >= 0.6 is 23.2 Å². The van der Waals surface area contributed by atoms with Crippen molar-refractivity contribution in [3.63, 3.8) is 0 Å². The molecule has 1 amide bonds. The Morgan fingerprint density at radius 2 is 1.84 bits per heavy atom. The first-order chi connectivity index (χ1) is 12.0. The Labute approximate surface area is 155 Å². The molecule has 7 heteroatoms. The molecule has 2 aromatic rings. The van der Waals surface area contributed by atoms with Gasteiger partial charge in [-0.05, 0) is 49.2 Å². The number of aromatic hydroxyl groups is 1. The molecular weight excluding hydrogens is 361 g/mol. The number of hydrazone groups is 1. The van der Waals surface area contributed by atoms with Gasteiger partial charge in [0.1, 0.15) is 5.75 Å². The van der Waals surface area contributed by atoms with Crippen molar-refractivity contribution in [2.24, 2.45) is 5.10 Å². The van der Waals surface area contributed by atoms with Crippen molar-refractivity contribution in [3.8, 4) is 5.75 Å². The second-order valence-corrected chi connectivity index (χ2v) is 6.61. The molecule has 1 fully saturated rings. The molecule has 2 aromatic carbocycles. The molecule has 0 unspecified atom stereocenters. The first-order valence-electron chi connectivity index (χ1n) is 7.91. The topological polar surface area (TPSA) is 64.9 Å². The molecule has 1 heterocycles. The summed E-state index contributed by atoms with van der Waals surface area (Å²) in [5, 5.41) is 14.2. The van der Waals surface area contributed by atoms with E-state index in [9.17, 15) is 9.90 Å². The van der Waals surface area contributed by atoms with Crippen LogP contribution in [-0.4, -0.2) is 30.3 Å². The Balaban J connectivity index is 1.64. The van der Waals surface area contributed by atoms with Gasteiger partial charge < -0.3 is 10.0 Å². The molecule has 130 valence electrons. The number of hydrogen-bond acceptors (Lipinski definition) is 4. The number of anilines is 1.